The number of aliphatic hydroxyl groups excluding tert-OH is 3. The molecule has 0 aliphatic rings. The molecule has 0 aliphatic carbocycles. The largest absolute Gasteiger partial charge is 0.465 e. The van der Waals surface area contributed by atoms with Crippen LogP contribution in [-0.2, 0) is 14.0 Å². The predicted molar refractivity (Wildman–Crippen MR) is 116 cm³/mol. The van der Waals surface area contributed by atoms with E-state index in [4.69, 9.17) is 9.16 Å². The molecule has 8 heteroatoms. The van der Waals surface area contributed by atoms with E-state index in [0.717, 1.165) is 0 Å². The van der Waals surface area contributed by atoms with E-state index in [-0.39, 0.29) is 18.3 Å². The lowest BCUT2D eigenvalue weighted by molar-refractivity contribution is -0.259. The summed E-state index contributed by atoms with van der Waals surface area (Å²) in [7, 11) is -2.49. The molecule has 0 radical (unpaired) electrons. The lowest BCUT2D eigenvalue weighted by atomic mass is 9.77. The average Bonchev–Trinajstić information content (AvgIpc) is 2.61. The van der Waals surface area contributed by atoms with Gasteiger partial charge in [0.1, 0.15) is 0 Å². The number of carbonyl (C=O) groups excluding carboxylic acids is 1. The Morgan fingerprint density at radius 1 is 0.966 bits per heavy atom. The molecule has 174 valence electrons. The zero-order valence-electron chi connectivity index (χ0n) is 19.9. The lowest BCUT2D eigenvalue weighted by Crippen LogP contribution is -2.61. The Morgan fingerprint density at radius 3 is 1.72 bits per heavy atom. The molecule has 0 unspecified atom stereocenters. The summed E-state index contributed by atoms with van der Waals surface area (Å²) in [4.78, 5) is 11.1. The van der Waals surface area contributed by atoms with Crippen molar-refractivity contribution in [3.63, 3.8) is 0 Å². The first-order valence-electron chi connectivity index (χ1n) is 10.4. The van der Waals surface area contributed by atoms with Gasteiger partial charge in [-0.3, -0.25) is 4.79 Å². The van der Waals surface area contributed by atoms with Crippen LogP contribution >= 0.6 is 0 Å². The summed E-state index contributed by atoms with van der Waals surface area (Å²) in [5, 5.41) is 42.7. The number of ether oxygens (including phenoxy) is 1. The van der Waals surface area contributed by atoms with Crippen molar-refractivity contribution in [1.29, 1.82) is 0 Å². The van der Waals surface area contributed by atoms with Gasteiger partial charge in [-0.2, -0.15) is 0 Å². The van der Waals surface area contributed by atoms with Crippen LogP contribution in [0.1, 0.15) is 55.4 Å². The fourth-order valence-electron chi connectivity index (χ4n) is 3.09. The van der Waals surface area contributed by atoms with Gasteiger partial charge in [0.15, 0.2) is 14.1 Å². The van der Waals surface area contributed by atoms with Crippen molar-refractivity contribution in [3.05, 3.63) is 0 Å². The second kappa shape index (κ2) is 10.7. The molecule has 0 aromatic heterocycles. The fraction of sp³-hybridized carbons (Fsp3) is 0.952. The molecule has 0 aromatic carbocycles. The van der Waals surface area contributed by atoms with Gasteiger partial charge in [0, 0.05) is 37.2 Å². The summed E-state index contributed by atoms with van der Waals surface area (Å²) < 4.78 is 11.4. The maximum absolute atomic E-state index is 11.8. The third-order valence-corrected chi connectivity index (χ3v) is 11.0. The summed E-state index contributed by atoms with van der Waals surface area (Å²) in [6, 6.07) is 0. The van der Waals surface area contributed by atoms with Crippen LogP contribution in [0.15, 0.2) is 0 Å². The van der Waals surface area contributed by atoms with Gasteiger partial charge in [0.2, 0.25) is 0 Å². The monoisotopic (exact) mass is 436 g/mol. The molecule has 0 rings (SSSR count). The molecule has 0 saturated heterocycles. The van der Waals surface area contributed by atoms with E-state index >= 15 is 0 Å². The third kappa shape index (κ3) is 7.29. The number of hydrogen-bond acceptors (Lipinski definition) is 7. The number of rotatable bonds is 11. The van der Waals surface area contributed by atoms with Crippen LogP contribution < -0.4 is 0 Å². The van der Waals surface area contributed by atoms with Crippen molar-refractivity contribution in [3.8, 4) is 0 Å². The highest BCUT2D eigenvalue weighted by Gasteiger charge is 2.53. The van der Waals surface area contributed by atoms with Crippen molar-refractivity contribution in [2.45, 2.75) is 91.5 Å². The predicted octanol–water partition coefficient (Wildman–Crippen LogP) is 2.52. The number of aliphatic hydroxyl groups is 4. The quantitative estimate of drug-likeness (QED) is 0.223. The van der Waals surface area contributed by atoms with Crippen molar-refractivity contribution in [2.75, 3.05) is 13.2 Å². The molecule has 29 heavy (non-hydrogen) atoms. The van der Waals surface area contributed by atoms with E-state index in [2.05, 4.69) is 0 Å². The minimum atomic E-state index is -2.49. The standard InChI is InChI=1S/C21H44O7Si/c1-13(11-22)18(24)15(3)21(26,28-29(9,10)20(6,7)8)16(4)19(25)14(2)12-27-17(5)23/h13-16,18-19,22,24-26H,11-12H2,1-10H3/t13-,14+,15+,16-,18-,19+,21+/m0/s1. The summed E-state index contributed by atoms with van der Waals surface area (Å²) in [6.45, 7) is 18.0. The number of esters is 1. The first-order valence-corrected chi connectivity index (χ1v) is 13.4. The highest BCUT2D eigenvalue weighted by atomic mass is 28.4. The molecule has 7 nitrogen and oxygen atoms in total. The van der Waals surface area contributed by atoms with Crippen LogP contribution in [0.5, 0.6) is 0 Å². The molecule has 0 bridgehead atoms. The Hall–Kier alpha value is -0.513. The number of carbonyl (C=O) groups is 1. The highest BCUT2D eigenvalue weighted by molar-refractivity contribution is 6.74. The third-order valence-electron chi connectivity index (χ3n) is 6.56. The van der Waals surface area contributed by atoms with Crippen LogP contribution in [0.3, 0.4) is 0 Å². The zero-order chi connectivity index (χ0) is 23.4. The molecule has 7 atom stereocenters. The maximum Gasteiger partial charge on any atom is 0.302 e. The van der Waals surface area contributed by atoms with Gasteiger partial charge in [-0.05, 0) is 18.1 Å². The molecule has 0 aromatic rings. The van der Waals surface area contributed by atoms with E-state index in [1.165, 1.54) is 6.92 Å². The Bertz CT molecular complexity index is 520. The first-order chi connectivity index (χ1) is 12.9. The van der Waals surface area contributed by atoms with Gasteiger partial charge in [-0.15, -0.1) is 0 Å². The molecule has 0 spiro atoms. The van der Waals surface area contributed by atoms with Crippen LogP contribution in [0.4, 0.5) is 0 Å². The Morgan fingerprint density at radius 2 is 1.38 bits per heavy atom. The average molecular weight is 437 g/mol. The van der Waals surface area contributed by atoms with E-state index < -0.39 is 56.0 Å². The van der Waals surface area contributed by atoms with Crippen LogP contribution in [-0.4, -0.2) is 65.9 Å². The fourth-order valence-corrected chi connectivity index (χ4v) is 4.59. The zero-order valence-corrected chi connectivity index (χ0v) is 20.9. The van der Waals surface area contributed by atoms with E-state index in [1.807, 2.05) is 33.9 Å². The molecule has 0 heterocycles. The van der Waals surface area contributed by atoms with Crippen LogP contribution in [0.25, 0.3) is 0 Å². The van der Waals surface area contributed by atoms with E-state index in [1.54, 1.807) is 27.7 Å². The Kier molecular flexibility index (Phi) is 10.5. The molecule has 0 aliphatic heterocycles. The Labute approximate surface area is 177 Å². The summed E-state index contributed by atoms with van der Waals surface area (Å²) in [6.07, 6.45) is -2.07. The molecule has 0 amide bonds. The van der Waals surface area contributed by atoms with Crippen LogP contribution in [0, 0.1) is 23.7 Å². The number of hydrogen-bond donors (Lipinski definition) is 4. The molecular weight excluding hydrogens is 392 g/mol. The van der Waals surface area contributed by atoms with Crippen molar-refractivity contribution >= 4 is 14.3 Å². The van der Waals surface area contributed by atoms with Gasteiger partial charge in [-0.1, -0.05) is 48.5 Å². The summed E-state index contributed by atoms with van der Waals surface area (Å²) in [5.41, 5.74) is 0. The normalized spacial score (nSPS) is 21.4. The molecule has 0 fully saturated rings. The first kappa shape index (κ1) is 28.5. The maximum atomic E-state index is 11.8. The minimum absolute atomic E-state index is 0.0149. The van der Waals surface area contributed by atoms with Crippen molar-refractivity contribution in [2.24, 2.45) is 23.7 Å². The highest BCUT2D eigenvalue weighted by Crippen LogP contribution is 2.44. The Balaban J connectivity index is 5.98. The molecular formula is C21H44O7Si. The van der Waals surface area contributed by atoms with Gasteiger partial charge in [0.05, 0.1) is 18.8 Å². The van der Waals surface area contributed by atoms with E-state index in [0.29, 0.717) is 0 Å². The van der Waals surface area contributed by atoms with Crippen molar-refractivity contribution in [1.82, 2.24) is 0 Å². The van der Waals surface area contributed by atoms with Crippen LogP contribution in [0.2, 0.25) is 18.1 Å². The smallest absolute Gasteiger partial charge is 0.302 e. The second-order valence-electron chi connectivity index (χ2n) is 10.1. The topological polar surface area (TPSA) is 116 Å². The minimum Gasteiger partial charge on any atom is -0.465 e. The molecule has 0 saturated carbocycles. The van der Waals surface area contributed by atoms with Gasteiger partial charge >= 0.3 is 5.97 Å². The lowest BCUT2D eigenvalue weighted by Gasteiger charge is -2.50. The van der Waals surface area contributed by atoms with Gasteiger partial charge in [0.25, 0.3) is 0 Å². The van der Waals surface area contributed by atoms with Gasteiger partial charge < -0.3 is 29.6 Å². The SMILES string of the molecule is CC(=O)OC[C@@H](C)[C@@H](O)[C@H](C)[C@](O)(O[Si](C)(C)C(C)(C)C)[C@H](C)[C@@H](O)[C@@H](C)CO. The van der Waals surface area contributed by atoms with E-state index in [9.17, 15) is 25.2 Å². The molecule has 4 N–H and O–H groups in total. The summed E-state index contributed by atoms with van der Waals surface area (Å²) in [5.74, 6) is -4.74. The summed E-state index contributed by atoms with van der Waals surface area (Å²) >= 11 is 0. The van der Waals surface area contributed by atoms with Gasteiger partial charge in [-0.25, -0.2) is 0 Å². The second-order valence-corrected chi connectivity index (χ2v) is 14.8. The van der Waals surface area contributed by atoms with Crippen molar-refractivity contribution < 1.29 is 34.4 Å².